The molecule has 2 aliphatic heterocycles. The number of hydrogen-bond donors (Lipinski definition) is 1. The van der Waals surface area contributed by atoms with Gasteiger partial charge in [0.2, 0.25) is 11.8 Å². The quantitative estimate of drug-likeness (QED) is 0.515. The molecule has 2 amide bonds. The minimum atomic E-state index is -0.590. The Bertz CT molecular complexity index is 1080. The number of cyclic esters (lactones) is 1. The molecule has 0 spiro atoms. The molecule has 1 aromatic heterocycles. The van der Waals surface area contributed by atoms with Crippen LogP contribution in [0.1, 0.15) is 13.8 Å². The number of anilines is 3. The Balaban J connectivity index is 1.42. The van der Waals surface area contributed by atoms with Crippen LogP contribution in [0.5, 0.6) is 0 Å². The molecule has 0 radical (unpaired) electrons. The van der Waals surface area contributed by atoms with Crippen molar-refractivity contribution < 1.29 is 28.1 Å². The molecule has 0 saturated carbocycles. The van der Waals surface area contributed by atoms with Gasteiger partial charge in [-0.15, -0.1) is 0 Å². The van der Waals surface area contributed by atoms with Crippen LogP contribution in [0.3, 0.4) is 0 Å². The van der Waals surface area contributed by atoms with E-state index < -0.39 is 22.9 Å². The molecular weight excluding hydrogens is 437 g/mol. The van der Waals surface area contributed by atoms with Crippen LogP contribution < -0.4 is 20.0 Å². The maximum atomic E-state index is 15.0. The minimum Gasteiger partial charge on any atom is -0.442 e. The first kappa shape index (κ1) is 22.4. The van der Waals surface area contributed by atoms with E-state index in [-0.39, 0.29) is 30.9 Å². The Morgan fingerprint density at radius 2 is 2.06 bits per heavy atom. The summed E-state index contributed by atoms with van der Waals surface area (Å²) in [6.45, 7) is 5.18. The van der Waals surface area contributed by atoms with Crippen molar-refractivity contribution in [2.24, 2.45) is 0 Å². The summed E-state index contributed by atoms with van der Waals surface area (Å²) >= 11 is 0. The third-order valence-electron chi connectivity index (χ3n) is 5.70. The molecule has 1 aromatic carbocycles. The fraction of sp³-hybridized carbons (Fsp3) is 0.429. The summed E-state index contributed by atoms with van der Waals surface area (Å²) in [5.74, 6) is -0.605. The van der Waals surface area contributed by atoms with Crippen molar-refractivity contribution in [3.8, 4) is 0 Å². The molecule has 33 heavy (non-hydrogen) atoms. The largest absolute Gasteiger partial charge is 0.442 e. The monoisotopic (exact) mass is 461 g/mol. The maximum Gasteiger partial charge on any atom is 0.434 e. The number of rotatable bonds is 6. The number of carbonyl (C=O) groups excluding carboxylic acids is 2. The molecule has 0 bridgehead atoms. The average molecular weight is 461 g/mol. The van der Waals surface area contributed by atoms with Crippen LogP contribution in [0, 0.1) is 15.9 Å². The zero-order valence-electron chi connectivity index (χ0n) is 18.2. The van der Waals surface area contributed by atoms with Crippen molar-refractivity contribution in [1.29, 1.82) is 0 Å². The van der Waals surface area contributed by atoms with E-state index in [2.05, 4.69) is 5.32 Å². The molecule has 2 saturated heterocycles. The number of halogens is 1. The van der Waals surface area contributed by atoms with Crippen LogP contribution >= 0.6 is 0 Å². The van der Waals surface area contributed by atoms with Gasteiger partial charge in [-0.3, -0.25) is 19.8 Å². The van der Waals surface area contributed by atoms with E-state index in [0.29, 0.717) is 36.9 Å². The summed E-state index contributed by atoms with van der Waals surface area (Å²) in [4.78, 5) is 38.7. The lowest BCUT2D eigenvalue weighted by Crippen LogP contribution is -2.52. The van der Waals surface area contributed by atoms with Crippen LogP contribution in [0.25, 0.3) is 0 Å². The Labute approximate surface area is 188 Å². The Kier molecular flexibility index (Phi) is 6.07. The lowest BCUT2D eigenvalue weighted by molar-refractivity contribution is -0.401. The highest BCUT2D eigenvalue weighted by Crippen LogP contribution is 2.31. The van der Waals surface area contributed by atoms with E-state index >= 15 is 4.39 Å². The second-order valence-corrected chi connectivity index (χ2v) is 8.05. The number of furan rings is 1. The van der Waals surface area contributed by atoms with E-state index in [1.165, 1.54) is 24.0 Å². The number of ether oxygens (including phenoxy) is 1. The van der Waals surface area contributed by atoms with E-state index in [1.54, 1.807) is 18.2 Å². The SMILES string of the molecule is CC(=O)NCC1CN(c2ccc(N3CCN(c4ccc([N+](=O)[O-])o4)C(C)C3)c(F)c2)C(=O)O1. The highest BCUT2D eigenvalue weighted by Gasteiger charge is 2.33. The number of nitro groups is 1. The van der Waals surface area contributed by atoms with Crippen LogP contribution in [-0.4, -0.2) is 61.8 Å². The van der Waals surface area contributed by atoms with Gasteiger partial charge in [-0.2, -0.15) is 0 Å². The second kappa shape index (κ2) is 8.96. The van der Waals surface area contributed by atoms with E-state index in [9.17, 15) is 19.7 Å². The van der Waals surface area contributed by atoms with Crippen LogP contribution in [0.15, 0.2) is 34.7 Å². The first-order chi connectivity index (χ1) is 15.7. The molecule has 2 aromatic rings. The Morgan fingerprint density at radius 3 is 2.70 bits per heavy atom. The third-order valence-corrected chi connectivity index (χ3v) is 5.70. The molecule has 176 valence electrons. The number of hydrogen-bond acceptors (Lipinski definition) is 8. The molecule has 4 rings (SSSR count). The summed E-state index contributed by atoms with van der Waals surface area (Å²) < 4.78 is 25.6. The van der Waals surface area contributed by atoms with Gasteiger partial charge < -0.3 is 24.3 Å². The molecule has 2 fully saturated rings. The van der Waals surface area contributed by atoms with Crippen LogP contribution in [-0.2, 0) is 9.53 Å². The van der Waals surface area contributed by atoms with Gasteiger partial charge in [0.1, 0.15) is 16.8 Å². The lowest BCUT2D eigenvalue weighted by atomic mass is 10.1. The lowest BCUT2D eigenvalue weighted by Gasteiger charge is -2.40. The van der Waals surface area contributed by atoms with Crippen molar-refractivity contribution >= 4 is 35.1 Å². The van der Waals surface area contributed by atoms with Gasteiger partial charge in [0.25, 0.3) is 0 Å². The third kappa shape index (κ3) is 4.69. The molecule has 3 heterocycles. The van der Waals surface area contributed by atoms with Crippen molar-refractivity contribution in [1.82, 2.24) is 5.32 Å². The van der Waals surface area contributed by atoms with E-state index in [4.69, 9.17) is 9.15 Å². The topological polar surface area (TPSA) is 121 Å². The summed E-state index contributed by atoms with van der Waals surface area (Å²) in [5.41, 5.74) is 0.777. The van der Waals surface area contributed by atoms with Gasteiger partial charge in [-0.25, -0.2) is 9.18 Å². The molecular formula is C21H24FN5O6. The Morgan fingerprint density at radius 1 is 1.27 bits per heavy atom. The molecule has 2 atom stereocenters. The van der Waals surface area contributed by atoms with Crippen molar-refractivity contribution in [3.63, 3.8) is 0 Å². The molecule has 2 unspecified atom stereocenters. The zero-order chi connectivity index (χ0) is 23.7. The van der Waals surface area contributed by atoms with Crippen molar-refractivity contribution in [3.05, 3.63) is 46.3 Å². The fourth-order valence-corrected chi connectivity index (χ4v) is 4.09. The van der Waals surface area contributed by atoms with Crippen LogP contribution in [0.4, 0.5) is 32.3 Å². The smallest absolute Gasteiger partial charge is 0.434 e. The highest BCUT2D eigenvalue weighted by atomic mass is 19.1. The fourth-order valence-electron chi connectivity index (χ4n) is 4.09. The first-order valence-electron chi connectivity index (χ1n) is 10.5. The number of piperazine rings is 1. The molecule has 11 nitrogen and oxygen atoms in total. The minimum absolute atomic E-state index is 0.0772. The number of amides is 2. The number of nitrogens with one attached hydrogen (secondary N) is 1. The van der Waals surface area contributed by atoms with Crippen LogP contribution in [0.2, 0.25) is 0 Å². The maximum absolute atomic E-state index is 15.0. The predicted molar refractivity (Wildman–Crippen MR) is 117 cm³/mol. The number of benzene rings is 1. The number of carbonyl (C=O) groups is 2. The molecule has 12 heteroatoms. The van der Waals surface area contributed by atoms with Crippen molar-refractivity contribution in [2.45, 2.75) is 26.0 Å². The predicted octanol–water partition coefficient (Wildman–Crippen LogP) is 2.50. The van der Waals surface area contributed by atoms with Gasteiger partial charge in [0.05, 0.1) is 30.5 Å². The van der Waals surface area contributed by atoms with Crippen molar-refractivity contribution in [2.75, 3.05) is 47.4 Å². The molecule has 1 N–H and O–H groups in total. The molecule has 0 aliphatic carbocycles. The normalized spacial score (nSPS) is 20.7. The second-order valence-electron chi connectivity index (χ2n) is 8.05. The van der Waals surface area contributed by atoms with Gasteiger partial charge in [-0.1, -0.05) is 0 Å². The van der Waals surface area contributed by atoms with E-state index in [0.717, 1.165) is 0 Å². The van der Waals surface area contributed by atoms with Gasteiger partial charge in [0, 0.05) is 38.7 Å². The van der Waals surface area contributed by atoms with Gasteiger partial charge >= 0.3 is 12.0 Å². The Hall–Kier alpha value is -3.83. The highest BCUT2D eigenvalue weighted by molar-refractivity contribution is 5.90. The van der Waals surface area contributed by atoms with E-state index in [1.807, 2.05) is 16.7 Å². The number of nitrogens with zero attached hydrogens (tertiary/aromatic N) is 4. The zero-order valence-corrected chi connectivity index (χ0v) is 18.2. The summed E-state index contributed by atoms with van der Waals surface area (Å²) in [7, 11) is 0. The summed E-state index contributed by atoms with van der Waals surface area (Å²) in [6.07, 6.45) is -1.09. The molecule has 2 aliphatic rings. The van der Waals surface area contributed by atoms with Gasteiger partial charge in [0.15, 0.2) is 0 Å². The van der Waals surface area contributed by atoms with Gasteiger partial charge in [-0.05, 0) is 25.1 Å². The average Bonchev–Trinajstić information content (AvgIpc) is 3.39. The standard InChI is InChI=1S/C21H24FN5O6/c1-13-11-24(7-8-25(13)19-5-6-20(33-19)27(30)31)18-4-3-15(9-17(18)22)26-12-16(32-21(26)29)10-23-14(2)28/h3-6,9,13,16H,7-8,10-12H2,1-2H3,(H,23,28). The summed E-state index contributed by atoms with van der Waals surface area (Å²) in [6, 6.07) is 7.38. The summed E-state index contributed by atoms with van der Waals surface area (Å²) in [5, 5.41) is 13.5. The first-order valence-corrected chi connectivity index (χ1v) is 10.5.